The Morgan fingerprint density at radius 3 is 2.77 bits per heavy atom. The summed E-state index contributed by atoms with van der Waals surface area (Å²) in [5.41, 5.74) is 2.41. The summed E-state index contributed by atoms with van der Waals surface area (Å²) in [4.78, 5) is 37.8. The topological polar surface area (TPSA) is 139 Å². The van der Waals surface area contributed by atoms with Gasteiger partial charge in [-0.2, -0.15) is 5.10 Å². The van der Waals surface area contributed by atoms with Gasteiger partial charge in [-0.25, -0.2) is 9.59 Å². The zero-order valence-corrected chi connectivity index (χ0v) is 17.5. The van der Waals surface area contributed by atoms with Gasteiger partial charge in [0.1, 0.15) is 5.69 Å². The highest BCUT2D eigenvalue weighted by atomic mass is 16.5. The van der Waals surface area contributed by atoms with Gasteiger partial charge in [-0.1, -0.05) is 6.07 Å². The largest absolute Gasteiger partial charge is 0.453 e. The lowest BCUT2D eigenvalue weighted by Crippen LogP contribution is -2.47. The highest BCUT2D eigenvalue weighted by molar-refractivity contribution is 5.97. The third-order valence-electron chi connectivity index (χ3n) is 4.74. The van der Waals surface area contributed by atoms with E-state index in [-0.39, 0.29) is 25.2 Å². The van der Waals surface area contributed by atoms with Crippen LogP contribution in [0.3, 0.4) is 0 Å². The van der Waals surface area contributed by atoms with Gasteiger partial charge in [-0.05, 0) is 37.6 Å². The first-order valence-electron chi connectivity index (χ1n) is 9.67. The summed E-state index contributed by atoms with van der Waals surface area (Å²) in [6.07, 6.45) is -0.0923. The predicted molar refractivity (Wildman–Crippen MR) is 112 cm³/mol. The monoisotopic (exact) mass is 428 g/mol. The minimum Gasteiger partial charge on any atom is -0.453 e. The molecule has 0 saturated heterocycles. The Bertz CT molecular complexity index is 1020. The Morgan fingerprint density at radius 1 is 1.32 bits per heavy atom. The van der Waals surface area contributed by atoms with Crippen LogP contribution in [0.4, 0.5) is 15.3 Å². The number of carbonyl (C=O) groups excluding carboxylic acids is 3. The minimum atomic E-state index is -0.659. The van der Waals surface area contributed by atoms with E-state index in [1.165, 1.54) is 12.0 Å². The number of nitrogens with one attached hydrogen (secondary N) is 3. The molecular weight excluding hydrogens is 404 g/mol. The summed E-state index contributed by atoms with van der Waals surface area (Å²) in [7, 11) is 1.25. The van der Waals surface area contributed by atoms with Crippen LogP contribution >= 0.6 is 0 Å². The number of ether oxygens (including phenoxy) is 2. The Morgan fingerprint density at radius 2 is 2.10 bits per heavy atom. The second kappa shape index (κ2) is 9.28. The average molecular weight is 428 g/mol. The molecule has 0 unspecified atom stereocenters. The number of hydrogen-bond acceptors (Lipinski definition) is 7. The summed E-state index contributed by atoms with van der Waals surface area (Å²) in [5, 5.41) is 17.2. The number of nitrogens with zero attached hydrogens (tertiary/aromatic N) is 3. The van der Waals surface area contributed by atoms with Crippen LogP contribution in [0.1, 0.15) is 35.9 Å². The van der Waals surface area contributed by atoms with Gasteiger partial charge in [0.05, 0.1) is 37.8 Å². The van der Waals surface area contributed by atoms with Crippen molar-refractivity contribution in [1.82, 2.24) is 20.0 Å². The van der Waals surface area contributed by atoms with Gasteiger partial charge < -0.3 is 25.1 Å². The van der Waals surface area contributed by atoms with Crippen molar-refractivity contribution in [2.45, 2.75) is 19.9 Å². The molecule has 11 heteroatoms. The fourth-order valence-corrected chi connectivity index (χ4v) is 3.28. The van der Waals surface area contributed by atoms with Crippen molar-refractivity contribution in [2.24, 2.45) is 0 Å². The summed E-state index contributed by atoms with van der Waals surface area (Å²) >= 11 is 0. The third kappa shape index (κ3) is 4.65. The van der Waals surface area contributed by atoms with Crippen LogP contribution < -0.4 is 10.6 Å². The fraction of sp³-hybridized carbons (Fsp3) is 0.350. The standard InChI is InChI=1S/C20H24N6O5/c1-4-31-19(28)22-11-25-10-12(2)26-17(18(25)27)8-16(24-26)14-6-5-13(9-21)7-15(14)23-20(29)30-3/h5-9,12,21H,4,10-11H2,1-3H3,(H,22,28)(H,23,29)/t12-/m0/s1. The zero-order valence-electron chi connectivity index (χ0n) is 17.5. The van der Waals surface area contributed by atoms with Crippen LogP contribution in [0.5, 0.6) is 0 Å². The van der Waals surface area contributed by atoms with Crippen molar-refractivity contribution in [3.63, 3.8) is 0 Å². The number of benzene rings is 1. The Labute approximate surface area is 178 Å². The van der Waals surface area contributed by atoms with E-state index in [1.807, 2.05) is 6.92 Å². The van der Waals surface area contributed by atoms with Gasteiger partial charge in [-0.15, -0.1) is 0 Å². The fourth-order valence-electron chi connectivity index (χ4n) is 3.28. The van der Waals surface area contributed by atoms with Gasteiger partial charge in [0.15, 0.2) is 0 Å². The number of anilines is 1. The quantitative estimate of drug-likeness (QED) is 0.604. The molecule has 1 atom stereocenters. The number of amides is 3. The van der Waals surface area contributed by atoms with E-state index in [0.29, 0.717) is 34.7 Å². The molecule has 1 aliphatic heterocycles. The Hall–Kier alpha value is -3.89. The summed E-state index contributed by atoms with van der Waals surface area (Å²) in [5.74, 6) is -0.285. The molecule has 11 nitrogen and oxygen atoms in total. The van der Waals surface area contributed by atoms with Crippen LogP contribution in [0, 0.1) is 5.41 Å². The zero-order chi connectivity index (χ0) is 22.5. The van der Waals surface area contributed by atoms with Gasteiger partial charge >= 0.3 is 12.2 Å². The molecule has 0 aliphatic carbocycles. The lowest BCUT2D eigenvalue weighted by molar-refractivity contribution is 0.0644. The van der Waals surface area contributed by atoms with E-state index >= 15 is 0 Å². The average Bonchev–Trinajstić information content (AvgIpc) is 3.21. The van der Waals surface area contributed by atoms with E-state index < -0.39 is 12.2 Å². The number of alkyl carbamates (subject to hydrolysis) is 1. The molecule has 0 radical (unpaired) electrons. The smallest absolute Gasteiger partial charge is 0.411 e. The molecule has 1 aromatic carbocycles. The molecule has 3 N–H and O–H groups in total. The highest BCUT2D eigenvalue weighted by Gasteiger charge is 2.31. The molecule has 3 rings (SSSR count). The van der Waals surface area contributed by atoms with E-state index in [1.54, 1.807) is 35.9 Å². The summed E-state index contributed by atoms with van der Waals surface area (Å²) in [6, 6.07) is 6.55. The molecule has 2 aromatic rings. The van der Waals surface area contributed by atoms with E-state index in [4.69, 9.17) is 10.1 Å². The molecule has 0 saturated carbocycles. The van der Waals surface area contributed by atoms with Gasteiger partial charge in [0.2, 0.25) is 0 Å². The van der Waals surface area contributed by atoms with Crippen molar-refractivity contribution in [2.75, 3.05) is 32.2 Å². The molecule has 0 spiro atoms. The maximum atomic E-state index is 12.9. The van der Waals surface area contributed by atoms with Crippen LogP contribution in [0.15, 0.2) is 24.3 Å². The summed E-state index contributed by atoms with van der Waals surface area (Å²) < 4.78 is 11.1. The number of fused-ring (bicyclic) bond motifs is 1. The number of aromatic nitrogens is 2. The lowest BCUT2D eigenvalue weighted by Gasteiger charge is -2.31. The van der Waals surface area contributed by atoms with Crippen LogP contribution in [0.25, 0.3) is 11.3 Å². The highest BCUT2D eigenvalue weighted by Crippen LogP contribution is 2.31. The van der Waals surface area contributed by atoms with Gasteiger partial charge in [-0.3, -0.25) is 14.8 Å². The Kier molecular flexibility index (Phi) is 6.53. The molecule has 3 amide bonds. The van der Waals surface area contributed by atoms with Crippen molar-refractivity contribution in [3.8, 4) is 11.3 Å². The number of rotatable bonds is 6. The maximum Gasteiger partial charge on any atom is 0.411 e. The first-order chi connectivity index (χ1) is 14.9. The molecule has 31 heavy (non-hydrogen) atoms. The molecule has 2 heterocycles. The molecule has 1 aromatic heterocycles. The van der Waals surface area contributed by atoms with Crippen LogP contribution in [-0.4, -0.2) is 65.9 Å². The van der Waals surface area contributed by atoms with Crippen molar-refractivity contribution >= 4 is 30.0 Å². The minimum absolute atomic E-state index is 0.0195. The lowest BCUT2D eigenvalue weighted by atomic mass is 10.1. The van der Waals surface area contributed by atoms with E-state index in [2.05, 4.69) is 20.5 Å². The first kappa shape index (κ1) is 21.8. The second-order valence-electron chi connectivity index (χ2n) is 6.86. The first-order valence-corrected chi connectivity index (χ1v) is 9.67. The molecule has 0 bridgehead atoms. The third-order valence-corrected chi connectivity index (χ3v) is 4.74. The molecular formula is C20H24N6O5. The maximum absolute atomic E-state index is 12.9. The number of methoxy groups -OCH3 is 1. The molecule has 0 fully saturated rings. The predicted octanol–water partition coefficient (Wildman–Crippen LogP) is 2.45. The van der Waals surface area contributed by atoms with Crippen LogP contribution in [0.2, 0.25) is 0 Å². The normalized spacial score (nSPS) is 15.1. The van der Waals surface area contributed by atoms with Gasteiger partial charge in [0, 0.05) is 18.3 Å². The van der Waals surface area contributed by atoms with Gasteiger partial charge in [0.25, 0.3) is 5.91 Å². The number of carbonyl (C=O) groups is 3. The Balaban J connectivity index is 1.91. The summed E-state index contributed by atoms with van der Waals surface area (Å²) in [6.45, 7) is 4.23. The van der Waals surface area contributed by atoms with Crippen LogP contribution in [-0.2, 0) is 9.47 Å². The van der Waals surface area contributed by atoms with E-state index in [0.717, 1.165) is 6.21 Å². The van der Waals surface area contributed by atoms with Crippen molar-refractivity contribution in [1.29, 1.82) is 5.41 Å². The number of hydrogen-bond donors (Lipinski definition) is 3. The van der Waals surface area contributed by atoms with Crippen molar-refractivity contribution in [3.05, 3.63) is 35.5 Å². The van der Waals surface area contributed by atoms with E-state index in [9.17, 15) is 14.4 Å². The molecule has 164 valence electrons. The van der Waals surface area contributed by atoms with Crippen molar-refractivity contribution < 1.29 is 23.9 Å². The SMILES string of the molecule is CCOC(=O)NCN1C[C@H](C)n2nc(-c3ccc(C=N)cc3NC(=O)OC)cc2C1=O. The second-order valence-corrected chi connectivity index (χ2v) is 6.86. The molecule has 1 aliphatic rings.